The Morgan fingerprint density at radius 1 is 1.41 bits per heavy atom. The Labute approximate surface area is 103 Å². The molecule has 0 saturated heterocycles. The van der Waals surface area contributed by atoms with Crippen molar-refractivity contribution in [3.63, 3.8) is 0 Å². The maximum Gasteiger partial charge on any atom is 0.251 e. The summed E-state index contributed by atoms with van der Waals surface area (Å²) in [7, 11) is 0. The summed E-state index contributed by atoms with van der Waals surface area (Å²) in [5.41, 5.74) is 0.652. The number of hydrogen-bond donors (Lipinski definition) is 1. The van der Waals surface area contributed by atoms with Crippen LogP contribution in [0.25, 0.3) is 0 Å². The third-order valence-electron chi connectivity index (χ3n) is 2.51. The first kappa shape index (κ1) is 13.6. The van der Waals surface area contributed by atoms with Crippen LogP contribution in [0, 0.1) is 0 Å². The van der Waals surface area contributed by atoms with E-state index in [2.05, 4.69) is 12.2 Å². The number of benzene rings is 1. The molecule has 0 aromatic heterocycles. The predicted octanol–water partition coefficient (Wildman–Crippen LogP) is 3.00. The summed E-state index contributed by atoms with van der Waals surface area (Å²) in [6.45, 7) is 6.67. The van der Waals surface area contributed by atoms with E-state index in [1.165, 1.54) is 0 Å². The van der Waals surface area contributed by atoms with E-state index in [1.807, 2.05) is 26.0 Å². The van der Waals surface area contributed by atoms with Gasteiger partial charge in [0.1, 0.15) is 5.75 Å². The zero-order valence-electron chi connectivity index (χ0n) is 10.8. The summed E-state index contributed by atoms with van der Waals surface area (Å²) >= 11 is 0. The monoisotopic (exact) mass is 235 g/mol. The quantitative estimate of drug-likeness (QED) is 0.823. The van der Waals surface area contributed by atoms with Crippen LogP contribution in [-0.4, -0.2) is 18.6 Å². The maximum absolute atomic E-state index is 11.9. The van der Waals surface area contributed by atoms with Crippen molar-refractivity contribution >= 4 is 5.91 Å². The van der Waals surface area contributed by atoms with Crippen molar-refractivity contribution in [2.75, 3.05) is 6.61 Å². The van der Waals surface area contributed by atoms with Crippen molar-refractivity contribution in [3.8, 4) is 5.75 Å². The lowest BCUT2D eigenvalue weighted by Crippen LogP contribution is -2.32. The van der Waals surface area contributed by atoms with Crippen molar-refractivity contribution in [1.82, 2.24) is 5.32 Å². The van der Waals surface area contributed by atoms with Crippen LogP contribution in [0.2, 0.25) is 0 Å². The van der Waals surface area contributed by atoms with Crippen LogP contribution in [0.15, 0.2) is 24.3 Å². The van der Waals surface area contributed by atoms with Gasteiger partial charge >= 0.3 is 0 Å². The fraction of sp³-hybridized carbons (Fsp3) is 0.500. The Hall–Kier alpha value is -1.51. The van der Waals surface area contributed by atoms with E-state index in [1.54, 1.807) is 12.1 Å². The van der Waals surface area contributed by atoms with Gasteiger partial charge in [0.25, 0.3) is 5.91 Å². The van der Waals surface area contributed by atoms with Crippen LogP contribution in [0.3, 0.4) is 0 Å². The van der Waals surface area contributed by atoms with Crippen LogP contribution in [-0.2, 0) is 0 Å². The summed E-state index contributed by atoms with van der Waals surface area (Å²) < 4.78 is 5.37. The van der Waals surface area contributed by atoms with E-state index >= 15 is 0 Å². The zero-order chi connectivity index (χ0) is 12.7. The molecule has 1 atom stereocenters. The molecule has 1 unspecified atom stereocenters. The Balaban J connectivity index is 2.65. The van der Waals surface area contributed by atoms with E-state index in [4.69, 9.17) is 4.74 Å². The molecule has 0 aliphatic heterocycles. The molecule has 1 aromatic rings. The number of carbonyl (C=O) groups excluding carboxylic acids is 1. The van der Waals surface area contributed by atoms with Crippen LogP contribution < -0.4 is 10.1 Å². The highest BCUT2D eigenvalue weighted by Gasteiger charge is 2.09. The molecule has 1 N–H and O–H groups in total. The summed E-state index contributed by atoms with van der Waals surface area (Å²) in [5, 5.41) is 2.97. The fourth-order valence-electron chi connectivity index (χ4n) is 1.71. The molecule has 0 spiro atoms. The lowest BCUT2D eigenvalue weighted by molar-refractivity contribution is 0.0938. The zero-order valence-corrected chi connectivity index (χ0v) is 10.8. The van der Waals surface area contributed by atoms with Gasteiger partial charge in [-0.3, -0.25) is 4.79 Å². The summed E-state index contributed by atoms with van der Waals surface area (Å²) in [6.07, 6.45) is 2.07. The highest BCUT2D eigenvalue weighted by atomic mass is 16.5. The maximum atomic E-state index is 11.9. The molecule has 0 heterocycles. The lowest BCUT2D eigenvalue weighted by Gasteiger charge is -2.13. The van der Waals surface area contributed by atoms with Crippen LogP contribution in [0.4, 0.5) is 0 Å². The Morgan fingerprint density at radius 3 is 2.82 bits per heavy atom. The third kappa shape index (κ3) is 4.47. The van der Waals surface area contributed by atoms with Crippen molar-refractivity contribution < 1.29 is 9.53 Å². The van der Waals surface area contributed by atoms with E-state index < -0.39 is 0 Å². The number of hydrogen-bond acceptors (Lipinski definition) is 2. The number of carbonyl (C=O) groups is 1. The van der Waals surface area contributed by atoms with Gasteiger partial charge in [-0.15, -0.1) is 0 Å². The predicted molar refractivity (Wildman–Crippen MR) is 69.4 cm³/mol. The Kier molecular flexibility index (Phi) is 5.53. The average Bonchev–Trinajstić information content (AvgIpc) is 2.30. The molecule has 3 heteroatoms. The third-order valence-corrected chi connectivity index (χ3v) is 2.51. The molecular weight excluding hydrogens is 214 g/mol. The first-order valence-electron chi connectivity index (χ1n) is 6.21. The summed E-state index contributed by atoms with van der Waals surface area (Å²) in [5.74, 6) is 0.704. The molecule has 0 aliphatic carbocycles. The molecule has 3 nitrogen and oxygen atoms in total. The van der Waals surface area contributed by atoms with Gasteiger partial charge in [0.2, 0.25) is 0 Å². The summed E-state index contributed by atoms with van der Waals surface area (Å²) in [6, 6.07) is 7.48. The lowest BCUT2D eigenvalue weighted by atomic mass is 10.1. The molecule has 0 fully saturated rings. The van der Waals surface area contributed by atoms with Gasteiger partial charge in [0, 0.05) is 11.6 Å². The second-order valence-electron chi connectivity index (χ2n) is 4.12. The van der Waals surface area contributed by atoms with Crippen LogP contribution >= 0.6 is 0 Å². The normalized spacial score (nSPS) is 11.9. The van der Waals surface area contributed by atoms with Crippen molar-refractivity contribution in [1.29, 1.82) is 0 Å². The molecule has 0 saturated carbocycles. The van der Waals surface area contributed by atoms with Gasteiger partial charge in [0.05, 0.1) is 6.61 Å². The standard InChI is InChI=1S/C14H21NO2/c1-4-7-11(3)15-14(16)12-8-6-9-13(10-12)17-5-2/h6,8-11H,4-5,7H2,1-3H3,(H,15,16). The minimum atomic E-state index is -0.0347. The minimum Gasteiger partial charge on any atom is -0.494 e. The second kappa shape index (κ2) is 6.94. The highest BCUT2D eigenvalue weighted by molar-refractivity contribution is 5.94. The second-order valence-corrected chi connectivity index (χ2v) is 4.12. The fourth-order valence-corrected chi connectivity index (χ4v) is 1.71. The molecule has 1 amide bonds. The molecule has 1 rings (SSSR count). The Morgan fingerprint density at radius 2 is 2.18 bits per heavy atom. The van der Waals surface area contributed by atoms with E-state index in [0.29, 0.717) is 12.2 Å². The molecular formula is C14H21NO2. The van der Waals surface area contributed by atoms with Gasteiger partial charge in [0.15, 0.2) is 0 Å². The van der Waals surface area contributed by atoms with Crippen molar-refractivity contribution in [2.45, 2.75) is 39.7 Å². The molecule has 17 heavy (non-hydrogen) atoms. The van der Waals surface area contributed by atoms with Gasteiger partial charge < -0.3 is 10.1 Å². The first-order valence-corrected chi connectivity index (χ1v) is 6.21. The topological polar surface area (TPSA) is 38.3 Å². The van der Waals surface area contributed by atoms with Gasteiger partial charge in [-0.2, -0.15) is 0 Å². The minimum absolute atomic E-state index is 0.0347. The van der Waals surface area contributed by atoms with Gasteiger partial charge in [-0.05, 0) is 38.5 Å². The van der Waals surface area contributed by atoms with Gasteiger partial charge in [-0.25, -0.2) is 0 Å². The first-order chi connectivity index (χ1) is 8.17. The van der Waals surface area contributed by atoms with Gasteiger partial charge in [-0.1, -0.05) is 19.4 Å². The van der Waals surface area contributed by atoms with E-state index in [-0.39, 0.29) is 11.9 Å². The van der Waals surface area contributed by atoms with E-state index in [9.17, 15) is 4.79 Å². The average molecular weight is 235 g/mol. The number of nitrogens with one attached hydrogen (secondary N) is 1. The Bertz CT molecular complexity index is 363. The molecule has 0 aliphatic rings. The molecule has 1 aromatic carbocycles. The largest absolute Gasteiger partial charge is 0.494 e. The summed E-state index contributed by atoms with van der Waals surface area (Å²) in [4.78, 5) is 11.9. The molecule has 94 valence electrons. The van der Waals surface area contributed by atoms with Crippen LogP contribution in [0.1, 0.15) is 44.0 Å². The van der Waals surface area contributed by atoms with Crippen molar-refractivity contribution in [2.24, 2.45) is 0 Å². The highest BCUT2D eigenvalue weighted by Crippen LogP contribution is 2.13. The smallest absolute Gasteiger partial charge is 0.251 e. The number of ether oxygens (including phenoxy) is 1. The van der Waals surface area contributed by atoms with Crippen LogP contribution in [0.5, 0.6) is 5.75 Å². The van der Waals surface area contributed by atoms with E-state index in [0.717, 1.165) is 18.6 Å². The van der Waals surface area contributed by atoms with Crippen molar-refractivity contribution in [3.05, 3.63) is 29.8 Å². The molecule has 0 bridgehead atoms. The molecule has 0 radical (unpaired) electrons. The number of rotatable bonds is 6. The SMILES string of the molecule is CCCC(C)NC(=O)c1cccc(OCC)c1. The number of amides is 1.